The molecule has 0 saturated carbocycles. The number of aromatic amines is 1. The van der Waals surface area contributed by atoms with E-state index in [1.807, 2.05) is 25.2 Å². The number of benzene rings is 2. The zero-order valence-electron chi connectivity index (χ0n) is 22.1. The average molecular weight is 495 g/mol. The molecule has 0 spiro atoms. The zero-order valence-corrected chi connectivity index (χ0v) is 23.1. The van der Waals surface area contributed by atoms with Crippen molar-refractivity contribution in [3.63, 3.8) is 0 Å². The van der Waals surface area contributed by atoms with Crippen LogP contribution in [0.15, 0.2) is 30.3 Å². The van der Waals surface area contributed by atoms with Crippen LogP contribution in [0.4, 0.5) is 5.69 Å². The van der Waals surface area contributed by atoms with Crippen LogP contribution in [0, 0.1) is 22.8 Å². The molecule has 1 aliphatic heterocycles. The van der Waals surface area contributed by atoms with Crippen molar-refractivity contribution in [2.24, 2.45) is 0 Å². The number of fused-ring (bicyclic) bond motifs is 4. The average Bonchev–Trinajstić information content (AvgIpc) is 3.25. The normalized spacial score (nSPS) is 17.2. The van der Waals surface area contributed by atoms with Gasteiger partial charge in [0.05, 0.1) is 16.8 Å². The Bertz CT molecular complexity index is 1480. The van der Waals surface area contributed by atoms with Crippen molar-refractivity contribution in [3.05, 3.63) is 63.8 Å². The van der Waals surface area contributed by atoms with Gasteiger partial charge < -0.3 is 15.2 Å². The molecule has 1 aliphatic carbocycles. The van der Waals surface area contributed by atoms with Gasteiger partial charge in [0.25, 0.3) is 0 Å². The molecule has 2 N–H and O–H groups in total. The van der Waals surface area contributed by atoms with E-state index in [1.54, 1.807) is 0 Å². The smallest absolute Gasteiger partial charge is 0.195 e. The van der Waals surface area contributed by atoms with E-state index < -0.39 is 13.5 Å². The van der Waals surface area contributed by atoms with Crippen molar-refractivity contribution in [3.8, 4) is 17.5 Å². The Morgan fingerprint density at radius 2 is 1.86 bits per heavy atom. The zero-order chi connectivity index (χ0) is 25.8. The standard InChI is InChI=1S/C30H34N4OSi/c1-30(2)24-17-26(34-12-9-21(32-3)10-13-34)20(18-31)16-23(24)28(35)27-22-8-7-19(11-14-36(4,5)6)15-25(22)33-29(27)30/h7-8,15-17,21,32-33H,9-10,12-13H2,1-6H3. The first kappa shape index (κ1) is 24.4. The predicted octanol–water partition coefficient (Wildman–Crippen LogP) is 5.33. The number of anilines is 1. The van der Waals surface area contributed by atoms with E-state index in [-0.39, 0.29) is 5.78 Å². The summed E-state index contributed by atoms with van der Waals surface area (Å²) >= 11 is 0. The van der Waals surface area contributed by atoms with Crippen molar-refractivity contribution in [2.75, 3.05) is 25.0 Å². The summed E-state index contributed by atoms with van der Waals surface area (Å²) in [5.41, 5.74) is 9.72. The number of H-pyrrole nitrogens is 1. The van der Waals surface area contributed by atoms with E-state index in [0.717, 1.165) is 64.9 Å². The SMILES string of the molecule is CNC1CCN(c2cc3c(cc2C#N)C(=O)c2c([nH]c4cc(C#C[Si](C)(C)C)ccc24)C3(C)C)CC1. The van der Waals surface area contributed by atoms with Crippen LogP contribution >= 0.6 is 0 Å². The number of ketones is 1. The molecule has 0 atom stereocenters. The summed E-state index contributed by atoms with van der Waals surface area (Å²) in [4.78, 5) is 19.8. The lowest BCUT2D eigenvalue weighted by Crippen LogP contribution is -2.41. The van der Waals surface area contributed by atoms with Gasteiger partial charge in [-0.25, -0.2) is 0 Å². The van der Waals surface area contributed by atoms with Gasteiger partial charge in [-0.3, -0.25) is 4.79 Å². The lowest BCUT2D eigenvalue weighted by atomic mass is 9.70. The molecule has 3 aromatic rings. The van der Waals surface area contributed by atoms with Crippen LogP contribution in [0.1, 0.15) is 65.0 Å². The summed E-state index contributed by atoms with van der Waals surface area (Å²) in [6, 6.07) is 12.9. The van der Waals surface area contributed by atoms with Gasteiger partial charge >= 0.3 is 0 Å². The number of nitrogens with one attached hydrogen (secondary N) is 2. The van der Waals surface area contributed by atoms with Gasteiger partial charge in [0.1, 0.15) is 14.1 Å². The Balaban J connectivity index is 1.62. The number of carbonyl (C=O) groups is 1. The molecule has 0 unspecified atom stereocenters. The first-order valence-corrected chi connectivity index (χ1v) is 16.3. The maximum atomic E-state index is 13.9. The lowest BCUT2D eigenvalue weighted by Gasteiger charge is -2.37. The molecule has 5 rings (SSSR count). The van der Waals surface area contributed by atoms with Crippen LogP contribution in [0.2, 0.25) is 19.6 Å². The minimum absolute atomic E-state index is 0.0107. The number of nitrogens with zero attached hydrogens (tertiary/aromatic N) is 2. The molecule has 6 heteroatoms. The largest absolute Gasteiger partial charge is 0.370 e. The molecule has 184 valence electrons. The summed E-state index contributed by atoms with van der Waals surface area (Å²) in [6.45, 7) is 12.8. The van der Waals surface area contributed by atoms with E-state index in [2.05, 4.69) is 78.4 Å². The van der Waals surface area contributed by atoms with E-state index >= 15 is 0 Å². The number of rotatable bonds is 2. The van der Waals surface area contributed by atoms with Crippen LogP contribution < -0.4 is 10.2 Å². The van der Waals surface area contributed by atoms with Crippen LogP contribution in [0.3, 0.4) is 0 Å². The fraction of sp³-hybridized carbons (Fsp3) is 0.400. The third-order valence-electron chi connectivity index (χ3n) is 7.65. The minimum atomic E-state index is -1.49. The van der Waals surface area contributed by atoms with Gasteiger partial charge in [-0.15, -0.1) is 5.54 Å². The Labute approximate surface area is 214 Å². The second-order valence-electron chi connectivity index (χ2n) is 11.7. The fourth-order valence-corrected chi connectivity index (χ4v) is 6.08. The summed E-state index contributed by atoms with van der Waals surface area (Å²) in [7, 11) is 0.519. The minimum Gasteiger partial charge on any atom is -0.370 e. The topological polar surface area (TPSA) is 71.9 Å². The second kappa shape index (κ2) is 8.66. The number of carbonyl (C=O) groups excluding carboxylic acids is 1. The van der Waals surface area contributed by atoms with E-state index in [1.165, 1.54) is 0 Å². The monoisotopic (exact) mass is 494 g/mol. The number of piperidine rings is 1. The quantitative estimate of drug-likeness (QED) is 0.373. The number of hydrogen-bond acceptors (Lipinski definition) is 4. The Morgan fingerprint density at radius 3 is 2.50 bits per heavy atom. The highest BCUT2D eigenvalue weighted by Gasteiger charge is 2.40. The van der Waals surface area contributed by atoms with Gasteiger partial charge in [-0.2, -0.15) is 5.26 Å². The van der Waals surface area contributed by atoms with Crippen molar-refractivity contribution in [1.29, 1.82) is 5.26 Å². The van der Waals surface area contributed by atoms with Crippen LogP contribution in [-0.2, 0) is 5.41 Å². The molecule has 2 aromatic carbocycles. The molecule has 2 aliphatic rings. The van der Waals surface area contributed by atoms with Crippen LogP contribution in [0.5, 0.6) is 0 Å². The molecule has 1 aromatic heterocycles. The van der Waals surface area contributed by atoms with E-state index in [0.29, 0.717) is 17.2 Å². The molecule has 0 bridgehead atoms. The van der Waals surface area contributed by atoms with E-state index in [4.69, 9.17) is 0 Å². The molecule has 36 heavy (non-hydrogen) atoms. The Hall–Kier alpha value is -3.32. The first-order chi connectivity index (χ1) is 17.0. The molecular weight excluding hydrogens is 460 g/mol. The van der Waals surface area contributed by atoms with E-state index in [9.17, 15) is 10.1 Å². The second-order valence-corrected chi connectivity index (χ2v) is 16.4. The highest BCUT2D eigenvalue weighted by molar-refractivity contribution is 6.83. The molecule has 5 nitrogen and oxygen atoms in total. The molecule has 0 amide bonds. The number of nitriles is 1. The van der Waals surface area contributed by atoms with Gasteiger partial charge in [0.2, 0.25) is 0 Å². The number of hydrogen-bond donors (Lipinski definition) is 2. The Morgan fingerprint density at radius 1 is 1.14 bits per heavy atom. The molecule has 1 fully saturated rings. The van der Waals surface area contributed by atoms with Gasteiger partial charge in [-0.05, 0) is 49.7 Å². The fourth-order valence-electron chi connectivity index (χ4n) is 5.56. The van der Waals surface area contributed by atoms with Gasteiger partial charge in [-0.1, -0.05) is 45.5 Å². The third-order valence-corrected chi connectivity index (χ3v) is 8.53. The van der Waals surface area contributed by atoms with Crippen molar-refractivity contribution < 1.29 is 4.79 Å². The molecule has 1 saturated heterocycles. The van der Waals surface area contributed by atoms with Gasteiger partial charge in [0.15, 0.2) is 5.78 Å². The summed E-state index contributed by atoms with van der Waals surface area (Å²) in [5.74, 6) is 3.32. The lowest BCUT2D eigenvalue weighted by molar-refractivity contribution is 0.103. The summed E-state index contributed by atoms with van der Waals surface area (Å²) in [6.07, 6.45) is 2.08. The van der Waals surface area contributed by atoms with Gasteiger partial charge in [0, 0.05) is 52.3 Å². The maximum absolute atomic E-state index is 13.9. The summed E-state index contributed by atoms with van der Waals surface area (Å²) in [5, 5.41) is 14.3. The number of aromatic nitrogens is 1. The van der Waals surface area contributed by atoms with Crippen LogP contribution in [-0.4, -0.2) is 45.0 Å². The highest BCUT2D eigenvalue weighted by atomic mass is 28.3. The molecule has 0 radical (unpaired) electrons. The highest BCUT2D eigenvalue weighted by Crippen LogP contribution is 2.45. The molecule has 2 heterocycles. The van der Waals surface area contributed by atoms with Crippen molar-refractivity contribution in [1.82, 2.24) is 10.3 Å². The molecular formula is C30H34N4OSi. The summed E-state index contributed by atoms with van der Waals surface area (Å²) < 4.78 is 0. The van der Waals surface area contributed by atoms with Crippen LogP contribution in [0.25, 0.3) is 10.9 Å². The first-order valence-electron chi connectivity index (χ1n) is 12.8. The van der Waals surface area contributed by atoms with Crippen molar-refractivity contribution in [2.45, 2.75) is 57.8 Å². The maximum Gasteiger partial charge on any atom is 0.195 e. The third kappa shape index (κ3) is 4.05. The van der Waals surface area contributed by atoms with Crippen molar-refractivity contribution >= 4 is 30.4 Å². The Kier molecular flexibility index (Phi) is 5.86. The predicted molar refractivity (Wildman–Crippen MR) is 150 cm³/mol.